The topological polar surface area (TPSA) is 21.3 Å². The van der Waals surface area contributed by atoms with Gasteiger partial charge in [-0.05, 0) is 31.4 Å². The fourth-order valence-corrected chi connectivity index (χ4v) is 1.80. The molecule has 17 heavy (non-hydrogen) atoms. The van der Waals surface area contributed by atoms with Crippen molar-refractivity contribution in [2.75, 3.05) is 18.5 Å². The van der Waals surface area contributed by atoms with E-state index in [9.17, 15) is 4.39 Å². The van der Waals surface area contributed by atoms with Crippen LogP contribution < -0.4 is 10.1 Å². The lowest BCUT2D eigenvalue weighted by Crippen LogP contribution is -2.12. The number of anilines is 1. The minimum atomic E-state index is -0.263. The molecule has 0 bridgehead atoms. The second kappa shape index (κ2) is 7.15. The van der Waals surface area contributed by atoms with Crippen LogP contribution in [-0.2, 0) is 0 Å². The Morgan fingerprint density at radius 2 is 2.12 bits per heavy atom. The summed E-state index contributed by atoms with van der Waals surface area (Å²) in [6, 6.07) is 4.62. The van der Waals surface area contributed by atoms with Gasteiger partial charge in [0, 0.05) is 12.6 Å². The summed E-state index contributed by atoms with van der Waals surface area (Å²) >= 11 is 0. The van der Waals surface area contributed by atoms with Crippen LogP contribution >= 0.6 is 0 Å². The van der Waals surface area contributed by atoms with E-state index in [4.69, 9.17) is 4.74 Å². The first-order valence-corrected chi connectivity index (χ1v) is 6.33. The largest absolute Gasteiger partial charge is 0.492 e. The van der Waals surface area contributed by atoms with Gasteiger partial charge in [-0.25, -0.2) is 4.39 Å². The van der Waals surface area contributed by atoms with E-state index in [1.807, 2.05) is 6.92 Å². The van der Waals surface area contributed by atoms with Gasteiger partial charge in [-0.15, -0.1) is 0 Å². The molecule has 1 rings (SSSR count). The number of hydrogen-bond donors (Lipinski definition) is 1. The molecule has 1 N–H and O–H groups in total. The fourth-order valence-electron chi connectivity index (χ4n) is 1.80. The van der Waals surface area contributed by atoms with Crippen molar-refractivity contribution in [2.24, 2.45) is 5.92 Å². The van der Waals surface area contributed by atoms with E-state index in [1.54, 1.807) is 6.07 Å². The second-order valence-corrected chi connectivity index (χ2v) is 4.35. The molecule has 0 fully saturated rings. The lowest BCUT2D eigenvalue weighted by Gasteiger charge is -2.15. The SMILES string of the molecule is CCCC(C)CNc1ccc(F)cc1OCC. The third-order valence-electron chi connectivity index (χ3n) is 2.67. The van der Waals surface area contributed by atoms with E-state index in [2.05, 4.69) is 19.2 Å². The molecule has 0 amide bonds. The smallest absolute Gasteiger partial charge is 0.145 e. The van der Waals surface area contributed by atoms with Gasteiger partial charge in [-0.2, -0.15) is 0 Å². The highest BCUT2D eigenvalue weighted by molar-refractivity contribution is 5.56. The van der Waals surface area contributed by atoms with Crippen LogP contribution in [0.1, 0.15) is 33.6 Å². The van der Waals surface area contributed by atoms with E-state index in [-0.39, 0.29) is 5.82 Å². The summed E-state index contributed by atoms with van der Waals surface area (Å²) in [5.74, 6) is 0.941. The predicted octanol–water partition coefficient (Wildman–Crippen LogP) is 4.07. The van der Waals surface area contributed by atoms with E-state index < -0.39 is 0 Å². The van der Waals surface area contributed by atoms with Gasteiger partial charge in [0.15, 0.2) is 0 Å². The Labute approximate surface area is 103 Å². The molecular formula is C14H22FNO. The Hall–Kier alpha value is -1.25. The molecule has 1 atom stereocenters. The number of hydrogen-bond acceptors (Lipinski definition) is 2. The molecule has 0 heterocycles. The van der Waals surface area contributed by atoms with Crippen LogP contribution in [-0.4, -0.2) is 13.2 Å². The Bertz CT molecular complexity index is 341. The van der Waals surface area contributed by atoms with Gasteiger partial charge in [-0.1, -0.05) is 20.3 Å². The molecule has 0 aromatic heterocycles. The molecule has 0 saturated carbocycles. The molecule has 0 radical (unpaired) electrons. The maximum atomic E-state index is 13.1. The number of ether oxygens (including phenoxy) is 1. The van der Waals surface area contributed by atoms with Crippen molar-refractivity contribution in [3.63, 3.8) is 0 Å². The lowest BCUT2D eigenvalue weighted by atomic mass is 10.1. The number of nitrogens with one attached hydrogen (secondary N) is 1. The molecule has 3 heteroatoms. The van der Waals surface area contributed by atoms with Crippen LogP contribution in [0.5, 0.6) is 5.75 Å². The third kappa shape index (κ3) is 4.63. The van der Waals surface area contributed by atoms with E-state index >= 15 is 0 Å². The van der Waals surface area contributed by atoms with Crippen molar-refractivity contribution >= 4 is 5.69 Å². The second-order valence-electron chi connectivity index (χ2n) is 4.35. The summed E-state index contributed by atoms with van der Waals surface area (Å²) in [6.45, 7) is 7.72. The van der Waals surface area contributed by atoms with E-state index in [1.165, 1.54) is 25.0 Å². The summed E-state index contributed by atoms with van der Waals surface area (Å²) in [5, 5.41) is 3.32. The number of benzene rings is 1. The van der Waals surface area contributed by atoms with Crippen molar-refractivity contribution in [3.05, 3.63) is 24.0 Å². The van der Waals surface area contributed by atoms with Crippen molar-refractivity contribution in [1.82, 2.24) is 0 Å². The molecule has 1 aromatic rings. The van der Waals surface area contributed by atoms with Crippen LogP contribution in [0.25, 0.3) is 0 Å². The Balaban J connectivity index is 2.62. The highest BCUT2D eigenvalue weighted by Gasteiger charge is 2.06. The minimum Gasteiger partial charge on any atom is -0.492 e. The zero-order valence-corrected chi connectivity index (χ0v) is 10.9. The Morgan fingerprint density at radius 3 is 2.76 bits per heavy atom. The fraction of sp³-hybridized carbons (Fsp3) is 0.571. The normalized spacial score (nSPS) is 12.2. The molecule has 1 unspecified atom stereocenters. The zero-order valence-electron chi connectivity index (χ0n) is 10.9. The van der Waals surface area contributed by atoms with Gasteiger partial charge in [0.1, 0.15) is 11.6 Å². The molecule has 1 aromatic carbocycles. The summed E-state index contributed by atoms with van der Waals surface area (Å²) in [7, 11) is 0. The van der Waals surface area contributed by atoms with Gasteiger partial charge in [0.2, 0.25) is 0 Å². The van der Waals surface area contributed by atoms with Gasteiger partial charge in [0.05, 0.1) is 12.3 Å². The first-order chi connectivity index (χ1) is 8.17. The maximum Gasteiger partial charge on any atom is 0.145 e. The standard InChI is InChI=1S/C14H22FNO/c1-4-6-11(3)10-16-13-8-7-12(15)9-14(13)17-5-2/h7-9,11,16H,4-6,10H2,1-3H3. The Morgan fingerprint density at radius 1 is 1.35 bits per heavy atom. The van der Waals surface area contributed by atoms with Crippen LogP contribution in [0.3, 0.4) is 0 Å². The zero-order chi connectivity index (χ0) is 12.7. The monoisotopic (exact) mass is 239 g/mol. The average Bonchev–Trinajstić information content (AvgIpc) is 2.29. The van der Waals surface area contributed by atoms with Gasteiger partial charge in [0.25, 0.3) is 0 Å². The maximum absolute atomic E-state index is 13.1. The van der Waals surface area contributed by atoms with E-state index in [0.717, 1.165) is 12.2 Å². The van der Waals surface area contributed by atoms with Crippen molar-refractivity contribution in [1.29, 1.82) is 0 Å². The first-order valence-electron chi connectivity index (χ1n) is 6.33. The van der Waals surface area contributed by atoms with Gasteiger partial charge < -0.3 is 10.1 Å². The van der Waals surface area contributed by atoms with Gasteiger partial charge in [-0.3, -0.25) is 0 Å². The van der Waals surface area contributed by atoms with Crippen LogP contribution in [0, 0.1) is 11.7 Å². The van der Waals surface area contributed by atoms with E-state index in [0.29, 0.717) is 18.3 Å². The number of halogens is 1. The molecule has 0 aliphatic carbocycles. The summed E-state index contributed by atoms with van der Waals surface area (Å²) in [6.07, 6.45) is 2.38. The molecule has 0 aliphatic rings. The Kier molecular flexibility index (Phi) is 5.81. The highest BCUT2D eigenvalue weighted by Crippen LogP contribution is 2.25. The molecule has 0 aliphatic heterocycles. The van der Waals surface area contributed by atoms with Crippen LogP contribution in [0.4, 0.5) is 10.1 Å². The molecule has 96 valence electrons. The predicted molar refractivity (Wildman–Crippen MR) is 70.1 cm³/mol. The summed E-state index contributed by atoms with van der Waals surface area (Å²) in [4.78, 5) is 0. The summed E-state index contributed by atoms with van der Waals surface area (Å²) in [5.41, 5.74) is 0.871. The van der Waals surface area contributed by atoms with Gasteiger partial charge >= 0.3 is 0 Å². The third-order valence-corrected chi connectivity index (χ3v) is 2.67. The average molecular weight is 239 g/mol. The summed E-state index contributed by atoms with van der Waals surface area (Å²) < 4.78 is 18.5. The lowest BCUT2D eigenvalue weighted by molar-refractivity contribution is 0.339. The molecule has 2 nitrogen and oxygen atoms in total. The molecular weight excluding hydrogens is 217 g/mol. The molecule has 0 spiro atoms. The first kappa shape index (κ1) is 13.8. The highest BCUT2D eigenvalue weighted by atomic mass is 19.1. The van der Waals surface area contributed by atoms with Crippen LogP contribution in [0.15, 0.2) is 18.2 Å². The molecule has 0 saturated heterocycles. The van der Waals surface area contributed by atoms with Crippen LogP contribution in [0.2, 0.25) is 0 Å². The van der Waals surface area contributed by atoms with Crippen molar-refractivity contribution < 1.29 is 9.13 Å². The minimum absolute atomic E-state index is 0.263. The van der Waals surface area contributed by atoms with Crippen molar-refractivity contribution in [3.8, 4) is 5.75 Å². The van der Waals surface area contributed by atoms with Crippen molar-refractivity contribution in [2.45, 2.75) is 33.6 Å². The number of rotatable bonds is 7. The quantitative estimate of drug-likeness (QED) is 0.774.